The molecule has 0 aliphatic carbocycles. The van der Waals surface area contributed by atoms with E-state index in [1.807, 2.05) is 37.4 Å². The smallest absolute Gasteiger partial charge is 0.252 e. The van der Waals surface area contributed by atoms with E-state index >= 15 is 0 Å². The number of amides is 1. The van der Waals surface area contributed by atoms with Gasteiger partial charge in [0.1, 0.15) is 0 Å². The summed E-state index contributed by atoms with van der Waals surface area (Å²) < 4.78 is 0. The highest BCUT2D eigenvalue weighted by molar-refractivity contribution is 6.06. The maximum atomic E-state index is 12.0. The third-order valence-corrected chi connectivity index (χ3v) is 2.68. The molecule has 0 atom stereocenters. The van der Waals surface area contributed by atoms with Crippen molar-refractivity contribution in [1.29, 1.82) is 0 Å². The van der Waals surface area contributed by atoms with E-state index in [9.17, 15) is 4.79 Å². The van der Waals surface area contributed by atoms with Gasteiger partial charge < -0.3 is 15.6 Å². The average molecular weight is 231 g/mol. The van der Waals surface area contributed by atoms with Crippen LogP contribution in [0.2, 0.25) is 0 Å². The monoisotopic (exact) mass is 231 g/mol. The molecule has 90 valence electrons. The molecule has 0 spiro atoms. The van der Waals surface area contributed by atoms with Crippen molar-refractivity contribution in [2.45, 2.75) is 6.92 Å². The van der Waals surface area contributed by atoms with Gasteiger partial charge in [0.15, 0.2) is 0 Å². The number of aromatic amines is 1. The largest absolute Gasteiger partial charge is 0.361 e. The molecule has 1 amide bonds. The van der Waals surface area contributed by atoms with E-state index in [1.165, 1.54) is 0 Å². The van der Waals surface area contributed by atoms with Gasteiger partial charge in [-0.1, -0.05) is 13.0 Å². The summed E-state index contributed by atoms with van der Waals surface area (Å²) in [6, 6.07) is 7.62. The molecule has 2 aromatic rings. The number of H-pyrrole nitrogens is 1. The van der Waals surface area contributed by atoms with Crippen molar-refractivity contribution in [3.8, 4) is 0 Å². The van der Waals surface area contributed by atoms with Gasteiger partial charge in [-0.15, -0.1) is 0 Å². The molecule has 1 aromatic heterocycles. The summed E-state index contributed by atoms with van der Waals surface area (Å²) in [5.74, 6) is -0.0203. The minimum Gasteiger partial charge on any atom is -0.361 e. The molecule has 2 rings (SSSR count). The molecule has 0 unspecified atom stereocenters. The van der Waals surface area contributed by atoms with Crippen molar-refractivity contribution in [3.05, 3.63) is 36.0 Å². The number of benzene rings is 1. The summed E-state index contributed by atoms with van der Waals surface area (Å²) in [7, 11) is 0. The van der Waals surface area contributed by atoms with Gasteiger partial charge in [0.25, 0.3) is 5.91 Å². The molecule has 0 aliphatic rings. The van der Waals surface area contributed by atoms with Crippen LogP contribution in [-0.2, 0) is 0 Å². The summed E-state index contributed by atoms with van der Waals surface area (Å²) in [6.07, 6.45) is 1.85. The number of carbonyl (C=O) groups excluding carboxylic acids is 1. The Balaban J connectivity index is 2.06. The summed E-state index contributed by atoms with van der Waals surface area (Å²) in [5.41, 5.74) is 1.71. The van der Waals surface area contributed by atoms with Crippen LogP contribution >= 0.6 is 0 Å². The quantitative estimate of drug-likeness (QED) is 0.683. The van der Waals surface area contributed by atoms with Crippen LogP contribution in [-0.4, -0.2) is 30.5 Å². The Hall–Kier alpha value is -1.81. The van der Waals surface area contributed by atoms with Gasteiger partial charge in [0.05, 0.1) is 0 Å². The third-order valence-electron chi connectivity index (χ3n) is 2.68. The lowest BCUT2D eigenvalue weighted by Crippen LogP contribution is -2.31. The van der Waals surface area contributed by atoms with Crippen LogP contribution in [0, 0.1) is 0 Å². The molecule has 0 radical (unpaired) electrons. The first kappa shape index (κ1) is 11.7. The molecule has 0 bridgehead atoms. The Morgan fingerprint density at radius 3 is 3.00 bits per heavy atom. The fourth-order valence-electron chi connectivity index (χ4n) is 1.82. The van der Waals surface area contributed by atoms with Crippen molar-refractivity contribution < 1.29 is 4.79 Å². The Labute approximate surface area is 100 Å². The molecule has 17 heavy (non-hydrogen) atoms. The lowest BCUT2D eigenvalue weighted by atomic mass is 10.1. The number of likely N-dealkylation sites (N-methyl/N-ethyl adjacent to an activating group) is 1. The summed E-state index contributed by atoms with van der Waals surface area (Å²) in [4.78, 5) is 15.1. The molecule has 0 aliphatic heterocycles. The summed E-state index contributed by atoms with van der Waals surface area (Å²) >= 11 is 0. The minimum absolute atomic E-state index is 0.0203. The Morgan fingerprint density at radius 2 is 2.18 bits per heavy atom. The first-order valence-electron chi connectivity index (χ1n) is 5.88. The van der Waals surface area contributed by atoms with E-state index < -0.39 is 0 Å². The van der Waals surface area contributed by atoms with Gasteiger partial charge in [-0.2, -0.15) is 0 Å². The molecule has 4 heteroatoms. The van der Waals surface area contributed by atoms with Crippen LogP contribution in [0.3, 0.4) is 0 Å². The van der Waals surface area contributed by atoms with Crippen LogP contribution < -0.4 is 10.6 Å². The van der Waals surface area contributed by atoms with E-state index in [0.717, 1.165) is 29.6 Å². The van der Waals surface area contributed by atoms with Crippen molar-refractivity contribution >= 4 is 16.8 Å². The molecule has 1 heterocycles. The van der Waals surface area contributed by atoms with E-state index in [2.05, 4.69) is 15.6 Å². The zero-order valence-corrected chi connectivity index (χ0v) is 9.92. The molecule has 1 aromatic carbocycles. The number of rotatable bonds is 5. The number of carbonyl (C=O) groups is 1. The van der Waals surface area contributed by atoms with E-state index in [1.54, 1.807) is 0 Å². The lowest BCUT2D eigenvalue weighted by molar-refractivity contribution is 0.0955. The highest BCUT2D eigenvalue weighted by Crippen LogP contribution is 2.16. The minimum atomic E-state index is -0.0203. The first-order chi connectivity index (χ1) is 8.33. The second kappa shape index (κ2) is 5.50. The predicted molar refractivity (Wildman–Crippen MR) is 69.2 cm³/mol. The van der Waals surface area contributed by atoms with Gasteiger partial charge in [-0.05, 0) is 24.7 Å². The fraction of sp³-hybridized carbons (Fsp3) is 0.308. The maximum Gasteiger partial charge on any atom is 0.252 e. The van der Waals surface area contributed by atoms with Gasteiger partial charge >= 0.3 is 0 Å². The first-order valence-corrected chi connectivity index (χ1v) is 5.88. The second-order valence-electron chi connectivity index (χ2n) is 3.85. The molecule has 3 N–H and O–H groups in total. The van der Waals surface area contributed by atoms with Gasteiger partial charge in [-0.3, -0.25) is 4.79 Å². The molecule has 0 saturated heterocycles. The molecular formula is C13H17N3O. The highest BCUT2D eigenvalue weighted by Gasteiger charge is 2.09. The number of hydrogen-bond acceptors (Lipinski definition) is 2. The maximum absolute atomic E-state index is 12.0. The topological polar surface area (TPSA) is 56.9 Å². The lowest BCUT2D eigenvalue weighted by Gasteiger charge is -2.06. The van der Waals surface area contributed by atoms with E-state index in [0.29, 0.717) is 6.54 Å². The fourth-order valence-corrected chi connectivity index (χ4v) is 1.82. The van der Waals surface area contributed by atoms with Crippen LogP contribution in [0.5, 0.6) is 0 Å². The normalized spacial score (nSPS) is 10.6. The Kier molecular flexibility index (Phi) is 3.77. The Morgan fingerprint density at radius 1 is 1.29 bits per heavy atom. The average Bonchev–Trinajstić information content (AvgIpc) is 2.82. The third kappa shape index (κ3) is 2.65. The van der Waals surface area contributed by atoms with Crippen molar-refractivity contribution in [2.24, 2.45) is 0 Å². The van der Waals surface area contributed by atoms with E-state index in [4.69, 9.17) is 0 Å². The van der Waals surface area contributed by atoms with E-state index in [-0.39, 0.29) is 5.91 Å². The van der Waals surface area contributed by atoms with Gasteiger partial charge in [0.2, 0.25) is 0 Å². The van der Waals surface area contributed by atoms with Gasteiger partial charge in [-0.25, -0.2) is 0 Å². The molecule has 4 nitrogen and oxygen atoms in total. The molecule has 0 saturated carbocycles. The Bertz CT molecular complexity index is 504. The standard InChI is InChI=1S/C13H17N3O/c1-2-14-8-9-16-13(17)11-4-3-5-12-10(11)6-7-15-12/h3-7,14-15H,2,8-9H2,1H3,(H,16,17). The number of nitrogens with one attached hydrogen (secondary N) is 3. The predicted octanol–water partition coefficient (Wildman–Crippen LogP) is 1.51. The number of fused-ring (bicyclic) bond motifs is 1. The van der Waals surface area contributed by atoms with Crippen LogP contribution in [0.1, 0.15) is 17.3 Å². The van der Waals surface area contributed by atoms with Crippen LogP contribution in [0.4, 0.5) is 0 Å². The van der Waals surface area contributed by atoms with Gasteiger partial charge in [0, 0.05) is 35.8 Å². The van der Waals surface area contributed by atoms with Crippen molar-refractivity contribution in [2.75, 3.05) is 19.6 Å². The second-order valence-corrected chi connectivity index (χ2v) is 3.85. The van der Waals surface area contributed by atoms with Crippen LogP contribution in [0.25, 0.3) is 10.9 Å². The van der Waals surface area contributed by atoms with Crippen LogP contribution in [0.15, 0.2) is 30.5 Å². The summed E-state index contributed by atoms with van der Waals surface area (Å²) in [6.45, 7) is 4.41. The molecular weight excluding hydrogens is 214 g/mol. The van der Waals surface area contributed by atoms with Crippen molar-refractivity contribution in [1.82, 2.24) is 15.6 Å². The SMILES string of the molecule is CCNCCNC(=O)c1cccc2[nH]ccc12. The number of hydrogen-bond donors (Lipinski definition) is 3. The molecule has 0 fully saturated rings. The van der Waals surface area contributed by atoms with Crippen molar-refractivity contribution in [3.63, 3.8) is 0 Å². The highest BCUT2D eigenvalue weighted by atomic mass is 16.1. The summed E-state index contributed by atoms with van der Waals surface area (Å²) in [5, 5.41) is 7.03. The zero-order valence-electron chi connectivity index (χ0n) is 9.92. The zero-order chi connectivity index (χ0) is 12.1. The number of aromatic nitrogens is 1.